The number of aromatic nitrogens is 4. The van der Waals surface area contributed by atoms with E-state index >= 15 is 0 Å². The molecule has 0 bridgehead atoms. The number of thiazole rings is 1. The normalized spacial score (nSPS) is 13.6. The van der Waals surface area contributed by atoms with Crippen LogP contribution in [-0.2, 0) is 13.0 Å². The predicted octanol–water partition coefficient (Wildman–Crippen LogP) is 4.28. The average Bonchev–Trinajstić information content (AvgIpc) is 3.01. The molecule has 0 radical (unpaired) electrons. The number of hydrogen-bond donors (Lipinski definition) is 2. The highest BCUT2D eigenvalue weighted by Crippen LogP contribution is 2.36. The van der Waals surface area contributed by atoms with E-state index in [-0.39, 0.29) is 0 Å². The van der Waals surface area contributed by atoms with Crippen LogP contribution in [0.5, 0.6) is 5.75 Å². The number of ether oxygens (including phenoxy) is 1. The molecule has 5 rings (SSSR count). The molecule has 33 heavy (non-hydrogen) atoms. The van der Waals surface area contributed by atoms with Gasteiger partial charge in [-0.2, -0.15) is 4.98 Å². The third-order valence-corrected chi connectivity index (χ3v) is 6.74. The molecule has 0 atom stereocenters. The van der Waals surface area contributed by atoms with E-state index in [2.05, 4.69) is 50.8 Å². The number of benzene rings is 1. The maximum absolute atomic E-state index is 6.20. The van der Waals surface area contributed by atoms with Crippen molar-refractivity contribution in [3.8, 4) is 16.9 Å². The third kappa shape index (κ3) is 4.04. The summed E-state index contributed by atoms with van der Waals surface area (Å²) < 4.78 is 6.20. The van der Waals surface area contributed by atoms with Crippen LogP contribution in [-0.4, -0.2) is 33.1 Å². The Balaban J connectivity index is 1.56. The van der Waals surface area contributed by atoms with E-state index in [0.717, 1.165) is 74.8 Å². The first-order chi connectivity index (χ1) is 15.9. The summed E-state index contributed by atoms with van der Waals surface area (Å²) in [7, 11) is 0. The van der Waals surface area contributed by atoms with Gasteiger partial charge in [-0.1, -0.05) is 24.7 Å². The van der Waals surface area contributed by atoms with Crippen molar-refractivity contribution in [3.63, 3.8) is 0 Å². The van der Waals surface area contributed by atoms with E-state index in [1.54, 1.807) is 0 Å². The van der Waals surface area contributed by atoms with E-state index in [4.69, 9.17) is 16.2 Å². The predicted molar refractivity (Wildman–Crippen MR) is 134 cm³/mol. The Hall–Kier alpha value is -3.46. The van der Waals surface area contributed by atoms with E-state index in [9.17, 15) is 0 Å². The number of fused-ring (bicyclic) bond motifs is 2. The first-order valence-electron chi connectivity index (χ1n) is 11.1. The number of nitrogens with zero attached hydrogens (tertiary/aromatic N) is 5. The summed E-state index contributed by atoms with van der Waals surface area (Å²) in [6.07, 6.45) is 3.80. The summed E-state index contributed by atoms with van der Waals surface area (Å²) in [5.41, 5.74) is 19.1. The van der Waals surface area contributed by atoms with Gasteiger partial charge in [0.1, 0.15) is 28.5 Å². The number of rotatable bonds is 4. The molecule has 1 aliphatic rings. The topological polar surface area (TPSA) is 116 Å². The molecule has 4 N–H and O–H groups in total. The van der Waals surface area contributed by atoms with E-state index in [1.165, 1.54) is 11.3 Å². The zero-order valence-electron chi connectivity index (χ0n) is 19.1. The van der Waals surface area contributed by atoms with Crippen molar-refractivity contribution in [2.24, 2.45) is 0 Å². The smallest absolute Gasteiger partial charge is 0.222 e. The first-order valence-corrected chi connectivity index (χ1v) is 11.9. The maximum Gasteiger partial charge on any atom is 0.222 e. The quantitative estimate of drug-likeness (QED) is 0.463. The van der Waals surface area contributed by atoms with Crippen molar-refractivity contribution >= 4 is 38.6 Å². The summed E-state index contributed by atoms with van der Waals surface area (Å²) in [6.45, 7) is 8.23. The molecule has 170 valence electrons. The van der Waals surface area contributed by atoms with Gasteiger partial charge in [-0.3, -0.25) is 0 Å². The van der Waals surface area contributed by atoms with Gasteiger partial charge in [-0.15, -0.1) is 0 Å². The van der Waals surface area contributed by atoms with Crippen molar-refractivity contribution in [2.75, 3.05) is 29.5 Å². The fourth-order valence-electron chi connectivity index (χ4n) is 4.47. The monoisotopic (exact) mass is 461 g/mol. The average molecular weight is 462 g/mol. The second-order valence-corrected chi connectivity index (χ2v) is 9.38. The number of anilines is 3. The third-order valence-electron chi connectivity index (χ3n) is 5.93. The highest BCUT2D eigenvalue weighted by molar-refractivity contribution is 7.21. The van der Waals surface area contributed by atoms with Gasteiger partial charge in [-0.05, 0) is 49.6 Å². The van der Waals surface area contributed by atoms with E-state index in [0.29, 0.717) is 24.2 Å². The Morgan fingerprint density at radius 2 is 1.94 bits per heavy atom. The lowest BCUT2D eigenvalue weighted by Gasteiger charge is -2.25. The van der Waals surface area contributed by atoms with Gasteiger partial charge in [0.15, 0.2) is 5.13 Å². The molecule has 3 aromatic heterocycles. The summed E-state index contributed by atoms with van der Waals surface area (Å²) >= 11 is 1.40. The molecule has 0 saturated carbocycles. The molecule has 0 fully saturated rings. The zero-order valence-corrected chi connectivity index (χ0v) is 19.9. The number of nitrogen functional groups attached to an aromatic ring is 2. The maximum atomic E-state index is 6.20. The van der Waals surface area contributed by atoms with Crippen LogP contribution in [0.15, 0.2) is 24.4 Å². The molecule has 0 aliphatic carbocycles. The summed E-state index contributed by atoms with van der Waals surface area (Å²) in [5, 5.41) is 0.527. The van der Waals surface area contributed by atoms with Gasteiger partial charge in [0.2, 0.25) is 5.95 Å². The molecule has 1 aromatic carbocycles. The van der Waals surface area contributed by atoms with Crippen molar-refractivity contribution < 1.29 is 4.74 Å². The molecule has 1 aliphatic heterocycles. The number of pyridine rings is 1. The highest BCUT2D eigenvalue weighted by Gasteiger charge is 2.23. The summed E-state index contributed by atoms with van der Waals surface area (Å²) in [5.74, 6) is 2.14. The van der Waals surface area contributed by atoms with Crippen LogP contribution in [0.3, 0.4) is 0 Å². The molecule has 9 heteroatoms. The minimum absolute atomic E-state index is 0.305. The fourth-order valence-corrected chi connectivity index (χ4v) is 5.12. The molecular weight excluding hydrogens is 434 g/mol. The van der Waals surface area contributed by atoms with E-state index in [1.807, 2.05) is 19.2 Å². The molecule has 4 heterocycles. The van der Waals surface area contributed by atoms with Crippen LogP contribution in [0.2, 0.25) is 0 Å². The second kappa shape index (κ2) is 8.47. The summed E-state index contributed by atoms with van der Waals surface area (Å²) in [6, 6.07) is 6.36. The minimum atomic E-state index is 0.305. The highest BCUT2D eigenvalue weighted by atomic mass is 32.1. The number of aryl methyl sites for hydroxylation is 2. The van der Waals surface area contributed by atoms with Crippen LogP contribution in [0.4, 0.5) is 16.9 Å². The second-order valence-electron chi connectivity index (χ2n) is 8.37. The molecule has 4 aromatic rings. The van der Waals surface area contributed by atoms with Crippen LogP contribution in [0.1, 0.15) is 35.7 Å². The summed E-state index contributed by atoms with van der Waals surface area (Å²) in [4.78, 5) is 21.1. The SMILES string of the molecule is CCCc1c(C)nc(N)nc1N1CCOc2c(C)cc(-c3cnc4sc(N)nc4c3)cc2C1. The lowest BCUT2D eigenvalue weighted by Crippen LogP contribution is -2.28. The van der Waals surface area contributed by atoms with Gasteiger partial charge in [0.05, 0.1) is 6.54 Å². The van der Waals surface area contributed by atoms with Gasteiger partial charge in [-0.25, -0.2) is 15.0 Å². The van der Waals surface area contributed by atoms with Crippen molar-refractivity contribution in [1.82, 2.24) is 19.9 Å². The molecule has 0 spiro atoms. The van der Waals surface area contributed by atoms with Crippen molar-refractivity contribution in [2.45, 2.75) is 40.2 Å². The lowest BCUT2D eigenvalue weighted by molar-refractivity contribution is 0.329. The Labute approximate surface area is 196 Å². The Kier molecular flexibility index (Phi) is 5.49. The number of nitrogens with two attached hydrogens (primary N) is 2. The van der Waals surface area contributed by atoms with Crippen LogP contribution < -0.4 is 21.1 Å². The molecule has 0 saturated heterocycles. The van der Waals surface area contributed by atoms with E-state index < -0.39 is 0 Å². The van der Waals surface area contributed by atoms with Crippen LogP contribution >= 0.6 is 11.3 Å². The largest absolute Gasteiger partial charge is 0.491 e. The van der Waals surface area contributed by atoms with Crippen LogP contribution in [0.25, 0.3) is 21.5 Å². The Bertz CT molecular complexity index is 1350. The lowest BCUT2D eigenvalue weighted by atomic mass is 9.99. The first kappa shape index (κ1) is 21.4. The van der Waals surface area contributed by atoms with Crippen molar-refractivity contribution in [1.29, 1.82) is 0 Å². The van der Waals surface area contributed by atoms with Crippen molar-refractivity contribution in [3.05, 3.63) is 46.8 Å². The Morgan fingerprint density at radius 3 is 2.76 bits per heavy atom. The minimum Gasteiger partial charge on any atom is -0.491 e. The van der Waals surface area contributed by atoms with Gasteiger partial charge < -0.3 is 21.1 Å². The standard InChI is InChI=1S/C24H27N7OS/c1-4-5-18-14(3)28-23(25)30-21(18)31-6-7-32-20-13(2)8-15(9-17(20)12-31)16-10-19-22(27-11-16)33-24(26)29-19/h8-11H,4-7,12H2,1-3H3,(H2,26,29)(H2,25,28,30). The van der Waals surface area contributed by atoms with Crippen LogP contribution in [0, 0.1) is 13.8 Å². The van der Waals surface area contributed by atoms with Gasteiger partial charge >= 0.3 is 0 Å². The zero-order chi connectivity index (χ0) is 23.1. The molecule has 0 amide bonds. The molecule has 8 nitrogen and oxygen atoms in total. The van der Waals surface area contributed by atoms with Gasteiger partial charge in [0, 0.05) is 35.1 Å². The fraction of sp³-hybridized carbons (Fsp3) is 0.333. The van der Waals surface area contributed by atoms with Gasteiger partial charge in [0.25, 0.3) is 0 Å². The Morgan fingerprint density at radius 1 is 1.09 bits per heavy atom. The molecule has 0 unspecified atom stereocenters. The molecular formula is C24H27N7OS. The number of hydrogen-bond acceptors (Lipinski definition) is 9.